The molecule has 0 saturated carbocycles. The normalized spacial score (nSPS) is 10.3. The number of hydrogen-bond acceptors (Lipinski definition) is 4. The molecule has 4 nitrogen and oxygen atoms in total. The third-order valence-electron chi connectivity index (χ3n) is 2.74. The SMILES string of the molecule is CCNc1ncc(C)c(-c2cccc(OC)c2F)n1. The number of nitrogens with one attached hydrogen (secondary N) is 1. The molecular weight excluding hydrogens is 245 g/mol. The lowest BCUT2D eigenvalue weighted by atomic mass is 10.1. The van der Waals surface area contributed by atoms with Crippen LogP contribution >= 0.6 is 0 Å². The molecule has 0 fully saturated rings. The molecule has 0 bridgehead atoms. The third-order valence-corrected chi connectivity index (χ3v) is 2.74. The van der Waals surface area contributed by atoms with Gasteiger partial charge in [0, 0.05) is 18.3 Å². The van der Waals surface area contributed by atoms with E-state index in [0.29, 0.717) is 23.8 Å². The van der Waals surface area contributed by atoms with Crippen molar-refractivity contribution in [3.63, 3.8) is 0 Å². The number of anilines is 1. The van der Waals surface area contributed by atoms with Crippen LogP contribution in [0, 0.1) is 12.7 Å². The van der Waals surface area contributed by atoms with Crippen molar-refractivity contribution in [3.8, 4) is 17.0 Å². The molecule has 1 aromatic carbocycles. The van der Waals surface area contributed by atoms with Crippen LogP contribution in [0.2, 0.25) is 0 Å². The Balaban J connectivity index is 2.54. The first kappa shape index (κ1) is 13.3. The zero-order valence-corrected chi connectivity index (χ0v) is 11.2. The van der Waals surface area contributed by atoms with Gasteiger partial charge in [-0.15, -0.1) is 0 Å². The van der Waals surface area contributed by atoms with Crippen LogP contribution in [0.4, 0.5) is 10.3 Å². The lowest BCUT2D eigenvalue weighted by Gasteiger charge is -2.10. The summed E-state index contributed by atoms with van der Waals surface area (Å²) in [5.74, 6) is 0.292. The summed E-state index contributed by atoms with van der Waals surface area (Å²) in [6.45, 7) is 4.52. The van der Waals surface area contributed by atoms with Gasteiger partial charge in [0.25, 0.3) is 0 Å². The maximum atomic E-state index is 14.3. The molecule has 100 valence electrons. The van der Waals surface area contributed by atoms with Gasteiger partial charge in [-0.3, -0.25) is 0 Å². The largest absolute Gasteiger partial charge is 0.494 e. The van der Waals surface area contributed by atoms with Crippen LogP contribution in [0.25, 0.3) is 11.3 Å². The number of halogens is 1. The first-order valence-electron chi connectivity index (χ1n) is 6.07. The second kappa shape index (κ2) is 5.65. The summed E-state index contributed by atoms with van der Waals surface area (Å²) in [5, 5.41) is 3.02. The fourth-order valence-electron chi connectivity index (χ4n) is 1.81. The number of nitrogens with zero attached hydrogens (tertiary/aromatic N) is 2. The lowest BCUT2D eigenvalue weighted by Crippen LogP contribution is -2.04. The minimum atomic E-state index is -0.408. The number of ether oxygens (including phenoxy) is 1. The van der Waals surface area contributed by atoms with Gasteiger partial charge in [0.05, 0.1) is 12.8 Å². The van der Waals surface area contributed by atoms with Gasteiger partial charge in [0.2, 0.25) is 5.95 Å². The van der Waals surface area contributed by atoms with Crippen LogP contribution in [0.5, 0.6) is 5.75 Å². The van der Waals surface area contributed by atoms with E-state index < -0.39 is 5.82 Å². The minimum absolute atomic E-state index is 0.209. The topological polar surface area (TPSA) is 47.0 Å². The number of benzene rings is 1. The average molecular weight is 261 g/mol. The molecule has 0 aliphatic heterocycles. The smallest absolute Gasteiger partial charge is 0.223 e. The van der Waals surface area contributed by atoms with Gasteiger partial charge >= 0.3 is 0 Å². The summed E-state index contributed by atoms with van der Waals surface area (Å²) in [6.07, 6.45) is 1.68. The molecule has 0 spiro atoms. The molecule has 0 saturated heterocycles. The highest BCUT2D eigenvalue weighted by molar-refractivity contribution is 5.66. The van der Waals surface area contributed by atoms with Gasteiger partial charge in [-0.1, -0.05) is 6.07 Å². The van der Waals surface area contributed by atoms with E-state index in [0.717, 1.165) is 5.56 Å². The summed E-state index contributed by atoms with van der Waals surface area (Å²) in [7, 11) is 1.44. The molecule has 5 heteroatoms. The van der Waals surface area contributed by atoms with Gasteiger partial charge in [-0.2, -0.15) is 0 Å². The summed E-state index contributed by atoms with van der Waals surface area (Å²) >= 11 is 0. The summed E-state index contributed by atoms with van der Waals surface area (Å²) in [6, 6.07) is 5.01. The Morgan fingerprint density at radius 2 is 2.16 bits per heavy atom. The van der Waals surface area contributed by atoms with Crippen molar-refractivity contribution in [2.45, 2.75) is 13.8 Å². The molecule has 0 aliphatic rings. The highest BCUT2D eigenvalue weighted by Crippen LogP contribution is 2.29. The van der Waals surface area contributed by atoms with Crippen LogP contribution in [-0.2, 0) is 0 Å². The molecule has 0 radical (unpaired) electrons. The van der Waals surface area contributed by atoms with E-state index in [1.165, 1.54) is 7.11 Å². The van der Waals surface area contributed by atoms with Gasteiger partial charge in [0.1, 0.15) is 0 Å². The van der Waals surface area contributed by atoms with Crippen LogP contribution in [-0.4, -0.2) is 23.6 Å². The maximum Gasteiger partial charge on any atom is 0.223 e. The van der Waals surface area contributed by atoms with Crippen molar-refractivity contribution in [3.05, 3.63) is 35.8 Å². The average Bonchev–Trinajstić information content (AvgIpc) is 2.42. The van der Waals surface area contributed by atoms with Crippen molar-refractivity contribution in [1.82, 2.24) is 9.97 Å². The number of aromatic nitrogens is 2. The van der Waals surface area contributed by atoms with Crippen LogP contribution < -0.4 is 10.1 Å². The first-order valence-corrected chi connectivity index (χ1v) is 6.07. The quantitative estimate of drug-likeness (QED) is 0.919. The minimum Gasteiger partial charge on any atom is -0.494 e. The Hall–Kier alpha value is -2.17. The first-order chi connectivity index (χ1) is 9.17. The van der Waals surface area contributed by atoms with E-state index in [1.54, 1.807) is 24.4 Å². The molecule has 1 aromatic heterocycles. The molecule has 1 N–H and O–H groups in total. The second-order valence-corrected chi connectivity index (χ2v) is 4.08. The molecule has 1 heterocycles. The monoisotopic (exact) mass is 261 g/mol. The van der Waals surface area contributed by atoms with Crippen LogP contribution in [0.15, 0.2) is 24.4 Å². The van der Waals surface area contributed by atoms with Crippen LogP contribution in [0.1, 0.15) is 12.5 Å². The predicted molar refractivity (Wildman–Crippen MR) is 72.9 cm³/mol. The Bertz CT molecular complexity index is 587. The summed E-state index contributed by atoms with van der Waals surface area (Å²) in [5.41, 5.74) is 1.80. The van der Waals surface area contributed by atoms with Crippen molar-refractivity contribution in [2.75, 3.05) is 19.0 Å². The zero-order chi connectivity index (χ0) is 13.8. The summed E-state index contributed by atoms with van der Waals surface area (Å²) < 4.78 is 19.2. The maximum absolute atomic E-state index is 14.3. The molecule has 19 heavy (non-hydrogen) atoms. The van der Waals surface area contributed by atoms with Crippen molar-refractivity contribution in [2.24, 2.45) is 0 Å². The molecule has 2 aromatic rings. The molecular formula is C14H16FN3O. The molecule has 0 unspecified atom stereocenters. The van der Waals surface area contributed by atoms with Crippen molar-refractivity contribution in [1.29, 1.82) is 0 Å². The van der Waals surface area contributed by atoms with E-state index >= 15 is 0 Å². The highest BCUT2D eigenvalue weighted by atomic mass is 19.1. The van der Waals surface area contributed by atoms with Gasteiger partial charge in [-0.05, 0) is 31.5 Å². The van der Waals surface area contributed by atoms with E-state index in [1.807, 2.05) is 13.8 Å². The van der Waals surface area contributed by atoms with Crippen molar-refractivity contribution < 1.29 is 9.13 Å². The number of hydrogen-bond donors (Lipinski definition) is 1. The van der Waals surface area contributed by atoms with Gasteiger partial charge in [0.15, 0.2) is 11.6 Å². The van der Waals surface area contributed by atoms with E-state index in [-0.39, 0.29) is 5.75 Å². The van der Waals surface area contributed by atoms with E-state index in [2.05, 4.69) is 15.3 Å². The number of aryl methyl sites for hydroxylation is 1. The number of rotatable bonds is 4. The second-order valence-electron chi connectivity index (χ2n) is 4.08. The van der Waals surface area contributed by atoms with Gasteiger partial charge < -0.3 is 10.1 Å². The standard InChI is InChI=1S/C14H16FN3O/c1-4-16-14-17-8-9(2)13(18-14)10-6-5-7-11(19-3)12(10)15/h5-8H,4H2,1-3H3,(H,16,17,18). The Kier molecular flexibility index (Phi) is 3.94. The molecule has 0 aliphatic carbocycles. The number of methoxy groups -OCH3 is 1. The highest BCUT2D eigenvalue weighted by Gasteiger charge is 2.14. The fraction of sp³-hybridized carbons (Fsp3) is 0.286. The zero-order valence-electron chi connectivity index (χ0n) is 11.2. The molecule has 0 amide bonds. The van der Waals surface area contributed by atoms with E-state index in [9.17, 15) is 4.39 Å². The Labute approximate surface area is 111 Å². The predicted octanol–water partition coefficient (Wildman–Crippen LogP) is 3.03. The van der Waals surface area contributed by atoms with Gasteiger partial charge in [-0.25, -0.2) is 14.4 Å². The lowest BCUT2D eigenvalue weighted by molar-refractivity contribution is 0.387. The fourth-order valence-corrected chi connectivity index (χ4v) is 1.81. The van der Waals surface area contributed by atoms with Crippen molar-refractivity contribution >= 4 is 5.95 Å². The molecule has 0 atom stereocenters. The summed E-state index contributed by atoms with van der Waals surface area (Å²) in [4.78, 5) is 8.50. The third kappa shape index (κ3) is 2.65. The Morgan fingerprint density at radius 3 is 2.84 bits per heavy atom. The van der Waals surface area contributed by atoms with E-state index in [4.69, 9.17) is 4.74 Å². The molecule has 2 rings (SSSR count). The van der Waals surface area contributed by atoms with Crippen LogP contribution in [0.3, 0.4) is 0 Å². The Morgan fingerprint density at radius 1 is 1.37 bits per heavy atom.